The molecule has 1 unspecified atom stereocenters. The molecule has 0 bridgehead atoms. The lowest BCUT2D eigenvalue weighted by Gasteiger charge is -2.33. The van der Waals surface area contributed by atoms with Gasteiger partial charge in [0.2, 0.25) is 0 Å². The zero-order valence-electron chi connectivity index (χ0n) is 18.1. The van der Waals surface area contributed by atoms with E-state index in [4.69, 9.17) is 0 Å². The van der Waals surface area contributed by atoms with Crippen LogP contribution in [0.5, 0.6) is 0 Å². The number of hydrogen-bond acceptors (Lipinski definition) is 6. The normalized spacial score (nSPS) is 16.5. The lowest BCUT2D eigenvalue weighted by molar-refractivity contribution is 0.0935. The van der Waals surface area contributed by atoms with Gasteiger partial charge in [-0.3, -0.25) is 14.0 Å². The average Bonchev–Trinajstić information content (AvgIpc) is 3.18. The van der Waals surface area contributed by atoms with Crippen molar-refractivity contribution in [3.05, 3.63) is 69.1 Å². The van der Waals surface area contributed by atoms with Gasteiger partial charge in [0.15, 0.2) is 4.96 Å². The van der Waals surface area contributed by atoms with Crippen molar-refractivity contribution in [1.82, 2.24) is 24.5 Å². The Balaban J connectivity index is 1.38. The average molecular weight is 440 g/mol. The molecule has 1 aromatic carbocycles. The van der Waals surface area contributed by atoms with Crippen LogP contribution in [0.1, 0.15) is 27.7 Å². The number of carbonyl (C=O) groups excluding carboxylic acids is 1. The summed E-state index contributed by atoms with van der Waals surface area (Å²) in [7, 11) is 2.14. The van der Waals surface area contributed by atoms with Gasteiger partial charge in [0.1, 0.15) is 5.56 Å². The first-order valence-electron chi connectivity index (χ1n) is 10.7. The van der Waals surface area contributed by atoms with Crippen LogP contribution in [0.25, 0.3) is 4.96 Å². The zero-order chi connectivity index (χ0) is 21.8. The Morgan fingerprint density at radius 1 is 1.19 bits per heavy atom. The summed E-state index contributed by atoms with van der Waals surface area (Å²) in [5.74, 6) is -0.0432. The summed E-state index contributed by atoms with van der Waals surface area (Å²) >= 11 is 1.48. The minimum atomic E-state index is -0.354. The summed E-state index contributed by atoms with van der Waals surface area (Å²) in [6, 6.07) is 10.1. The third-order valence-corrected chi connectivity index (χ3v) is 6.69. The monoisotopic (exact) mass is 439 g/mol. The molecule has 164 valence electrons. The first-order valence-corrected chi connectivity index (χ1v) is 11.5. The van der Waals surface area contributed by atoms with E-state index in [1.807, 2.05) is 18.2 Å². The second kappa shape index (κ2) is 9.72. The number of piperazine rings is 1. The highest BCUT2D eigenvalue weighted by atomic mass is 32.1. The van der Waals surface area contributed by atoms with E-state index in [0.29, 0.717) is 17.4 Å². The number of thiazole rings is 1. The van der Waals surface area contributed by atoms with Crippen molar-refractivity contribution in [1.29, 1.82) is 0 Å². The van der Waals surface area contributed by atoms with Gasteiger partial charge in [0.25, 0.3) is 11.5 Å². The Labute approximate surface area is 186 Å². The molecule has 7 nitrogen and oxygen atoms in total. The van der Waals surface area contributed by atoms with Crippen LogP contribution < -0.4 is 10.9 Å². The van der Waals surface area contributed by atoms with Crippen molar-refractivity contribution in [2.24, 2.45) is 5.92 Å². The quantitative estimate of drug-likeness (QED) is 0.610. The summed E-state index contributed by atoms with van der Waals surface area (Å²) in [6.45, 7) is 7.87. The molecule has 31 heavy (non-hydrogen) atoms. The maximum atomic E-state index is 12.9. The molecule has 4 rings (SSSR count). The fourth-order valence-corrected chi connectivity index (χ4v) is 4.83. The van der Waals surface area contributed by atoms with E-state index in [9.17, 15) is 9.59 Å². The number of likely N-dealkylation sites (N-methyl/N-ethyl adjacent to an activating group) is 1. The van der Waals surface area contributed by atoms with E-state index in [2.05, 4.69) is 46.2 Å². The van der Waals surface area contributed by atoms with Gasteiger partial charge in [0.05, 0.1) is 0 Å². The number of amides is 1. The fraction of sp³-hybridized carbons (Fsp3) is 0.435. The Morgan fingerprint density at radius 2 is 1.94 bits per heavy atom. The van der Waals surface area contributed by atoms with Gasteiger partial charge >= 0.3 is 0 Å². The highest BCUT2D eigenvalue weighted by Crippen LogP contribution is 2.18. The number of rotatable bonds is 7. The highest BCUT2D eigenvalue weighted by molar-refractivity contribution is 7.17. The van der Waals surface area contributed by atoms with Crippen molar-refractivity contribution in [3.8, 4) is 0 Å². The second-order valence-electron chi connectivity index (χ2n) is 8.41. The van der Waals surface area contributed by atoms with Gasteiger partial charge in [-0.1, -0.05) is 37.3 Å². The molecule has 1 aliphatic rings. The van der Waals surface area contributed by atoms with E-state index in [0.717, 1.165) is 44.0 Å². The zero-order valence-corrected chi connectivity index (χ0v) is 18.9. The third kappa shape index (κ3) is 5.39. The van der Waals surface area contributed by atoms with E-state index in [1.54, 1.807) is 6.20 Å². The Kier molecular flexibility index (Phi) is 6.80. The molecule has 1 fully saturated rings. The Morgan fingerprint density at radius 3 is 2.68 bits per heavy atom. The van der Waals surface area contributed by atoms with Crippen LogP contribution in [-0.2, 0) is 6.42 Å². The van der Waals surface area contributed by atoms with Crippen molar-refractivity contribution in [3.63, 3.8) is 0 Å². The standard InChI is InChI=1S/C23H29N5O2S/c1-17(15-27-10-8-26(2)9-11-27)13-24-21(29)20-14-25-23-28(22(20)30)16-19(31-23)12-18-6-4-3-5-7-18/h3-7,14,16-17H,8-13,15H2,1-2H3,(H,24,29). The number of fused-ring (bicyclic) bond motifs is 1. The molecule has 1 amide bonds. The van der Waals surface area contributed by atoms with Crippen LogP contribution in [0.15, 0.2) is 47.5 Å². The van der Waals surface area contributed by atoms with Crippen LogP contribution in [-0.4, -0.2) is 71.4 Å². The summed E-state index contributed by atoms with van der Waals surface area (Å²) in [4.78, 5) is 36.3. The molecule has 0 spiro atoms. The minimum absolute atomic E-state index is 0.0911. The van der Waals surface area contributed by atoms with Crippen LogP contribution in [0, 0.1) is 5.92 Å². The molecule has 1 aliphatic heterocycles. The molecule has 0 aliphatic carbocycles. The second-order valence-corrected chi connectivity index (χ2v) is 9.50. The van der Waals surface area contributed by atoms with Crippen molar-refractivity contribution < 1.29 is 4.79 Å². The van der Waals surface area contributed by atoms with E-state index in [-0.39, 0.29) is 17.0 Å². The van der Waals surface area contributed by atoms with Gasteiger partial charge < -0.3 is 15.1 Å². The van der Waals surface area contributed by atoms with E-state index < -0.39 is 0 Å². The molecule has 8 heteroatoms. The summed E-state index contributed by atoms with van der Waals surface area (Å²) < 4.78 is 1.49. The molecule has 1 N–H and O–H groups in total. The third-order valence-electron chi connectivity index (χ3n) is 5.70. The first kappa shape index (κ1) is 21.7. The molecule has 2 aromatic heterocycles. The van der Waals surface area contributed by atoms with Crippen LogP contribution in [0.2, 0.25) is 0 Å². The first-order chi connectivity index (χ1) is 15.0. The van der Waals surface area contributed by atoms with Crippen LogP contribution in [0.4, 0.5) is 0 Å². The number of hydrogen-bond donors (Lipinski definition) is 1. The number of nitrogens with one attached hydrogen (secondary N) is 1. The molecule has 3 aromatic rings. The van der Waals surface area contributed by atoms with Crippen molar-refractivity contribution >= 4 is 22.2 Å². The molecule has 1 atom stereocenters. The van der Waals surface area contributed by atoms with Crippen molar-refractivity contribution in [2.75, 3.05) is 46.3 Å². The maximum absolute atomic E-state index is 12.9. The predicted molar refractivity (Wildman–Crippen MR) is 124 cm³/mol. The number of carbonyl (C=O) groups is 1. The maximum Gasteiger partial charge on any atom is 0.271 e. The fourth-order valence-electron chi connectivity index (χ4n) is 3.86. The molecular formula is C23H29N5O2S. The van der Waals surface area contributed by atoms with Gasteiger partial charge in [-0.2, -0.15) is 0 Å². The van der Waals surface area contributed by atoms with Crippen molar-refractivity contribution in [2.45, 2.75) is 13.3 Å². The van der Waals surface area contributed by atoms with Crippen LogP contribution in [0.3, 0.4) is 0 Å². The summed E-state index contributed by atoms with van der Waals surface area (Å²) in [6.07, 6.45) is 3.94. The lowest BCUT2D eigenvalue weighted by Crippen LogP contribution is -2.47. The van der Waals surface area contributed by atoms with E-state index >= 15 is 0 Å². The highest BCUT2D eigenvalue weighted by Gasteiger charge is 2.18. The largest absolute Gasteiger partial charge is 0.351 e. The molecule has 0 saturated carbocycles. The topological polar surface area (TPSA) is 70.0 Å². The van der Waals surface area contributed by atoms with Gasteiger partial charge in [-0.05, 0) is 18.5 Å². The SMILES string of the molecule is CC(CNC(=O)c1cnc2sc(Cc3ccccc3)cn2c1=O)CN1CCN(C)CC1. The van der Waals surface area contributed by atoms with Gasteiger partial charge in [-0.15, -0.1) is 11.3 Å². The smallest absolute Gasteiger partial charge is 0.271 e. The molecule has 1 saturated heterocycles. The van der Waals surface area contributed by atoms with Crippen LogP contribution >= 0.6 is 11.3 Å². The molecule has 0 radical (unpaired) electrons. The Hall–Kier alpha value is -2.55. The van der Waals surface area contributed by atoms with Gasteiger partial charge in [0, 0.05) is 63.0 Å². The summed E-state index contributed by atoms with van der Waals surface area (Å²) in [5, 5.41) is 2.92. The van der Waals surface area contributed by atoms with Gasteiger partial charge in [-0.25, -0.2) is 4.98 Å². The molecular weight excluding hydrogens is 410 g/mol. The molecule has 3 heterocycles. The minimum Gasteiger partial charge on any atom is -0.351 e. The number of benzene rings is 1. The van der Waals surface area contributed by atoms with E-state index in [1.165, 1.54) is 27.5 Å². The predicted octanol–water partition coefficient (Wildman–Crippen LogP) is 1.96. The Bertz CT molecular complexity index is 1090. The lowest BCUT2D eigenvalue weighted by atomic mass is 10.1. The summed E-state index contributed by atoms with van der Waals surface area (Å²) in [5.41, 5.74) is 0.951. The number of aromatic nitrogens is 2. The number of nitrogens with zero attached hydrogens (tertiary/aromatic N) is 4.